The highest BCUT2D eigenvalue weighted by Gasteiger charge is 2.28. The highest BCUT2D eigenvalue weighted by Crippen LogP contribution is 2.38. The molecule has 1 aromatic heterocycles. The summed E-state index contributed by atoms with van der Waals surface area (Å²) in [7, 11) is 1.36. The van der Waals surface area contributed by atoms with Crippen LogP contribution < -0.4 is 10.5 Å². The fraction of sp³-hybridized carbons (Fsp3) is 0.250. The third-order valence-electron chi connectivity index (χ3n) is 3.60. The summed E-state index contributed by atoms with van der Waals surface area (Å²) < 4.78 is 10.7. The standard InChI is InChI=1S/C16H16N2O3/c1-20-16(19)11-5-2-4-10(8-11)14-9-13(17)12-6-3-7-18-15(12)21-14/h2-8,13-14H,9,17H2,1H3. The summed E-state index contributed by atoms with van der Waals surface area (Å²) in [5, 5.41) is 0. The van der Waals surface area contributed by atoms with Gasteiger partial charge in [0.1, 0.15) is 6.10 Å². The number of methoxy groups -OCH3 is 1. The molecule has 2 aromatic rings. The number of nitrogens with two attached hydrogens (primary N) is 1. The van der Waals surface area contributed by atoms with Crippen molar-refractivity contribution in [3.8, 4) is 5.88 Å². The molecule has 0 saturated heterocycles. The molecule has 2 unspecified atom stereocenters. The Morgan fingerprint density at radius 1 is 1.38 bits per heavy atom. The van der Waals surface area contributed by atoms with Gasteiger partial charge in [-0.3, -0.25) is 0 Å². The number of carbonyl (C=O) groups excluding carboxylic acids is 1. The maximum absolute atomic E-state index is 11.6. The number of esters is 1. The lowest BCUT2D eigenvalue weighted by Gasteiger charge is -2.29. The number of hydrogen-bond acceptors (Lipinski definition) is 5. The molecule has 0 radical (unpaired) electrons. The number of pyridine rings is 1. The fourth-order valence-electron chi connectivity index (χ4n) is 2.51. The summed E-state index contributed by atoms with van der Waals surface area (Å²) in [6.07, 6.45) is 2.11. The number of aromatic nitrogens is 1. The zero-order valence-corrected chi connectivity index (χ0v) is 11.7. The van der Waals surface area contributed by atoms with Crippen LogP contribution in [0.4, 0.5) is 0 Å². The Kier molecular flexibility index (Phi) is 3.58. The summed E-state index contributed by atoms with van der Waals surface area (Å²) >= 11 is 0. The van der Waals surface area contributed by atoms with E-state index in [2.05, 4.69) is 4.98 Å². The Balaban J connectivity index is 1.91. The molecule has 0 saturated carbocycles. The number of fused-ring (bicyclic) bond motifs is 1. The lowest BCUT2D eigenvalue weighted by atomic mass is 9.94. The molecule has 1 aromatic carbocycles. The van der Waals surface area contributed by atoms with Crippen LogP contribution in [0.3, 0.4) is 0 Å². The average Bonchev–Trinajstić information content (AvgIpc) is 2.54. The van der Waals surface area contributed by atoms with Gasteiger partial charge in [0, 0.05) is 24.2 Å². The summed E-state index contributed by atoms with van der Waals surface area (Å²) in [5.41, 5.74) is 8.49. The molecule has 0 fully saturated rings. The molecule has 3 rings (SSSR count). The van der Waals surface area contributed by atoms with Crippen molar-refractivity contribution in [3.63, 3.8) is 0 Å². The second-order valence-electron chi connectivity index (χ2n) is 4.96. The van der Waals surface area contributed by atoms with Gasteiger partial charge < -0.3 is 15.2 Å². The van der Waals surface area contributed by atoms with E-state index in [-0.39, 0.29) is 18.1 Å². The molecule has 1 aliphatic heterocycles. The molecular formula is C16H16N2O3. The zero-order chi connectivity index (χ0) is 14.8. The monoisotopic (exact) mass is 284 g/mol. The molecule has 1 aliphatic rings. The van der Waals surface area contributed by atoms with Crippen LogP contribution in [0.5, 0.6) is 5.88 Å². The lowest BCUT2D eigenvalue weighted by Crippen LogP contribution is -2.24. The first-order valence-corrected chi connectivity index (χ1v) is 6.74. The van der Waals surface area contributed by atoms with Crippen LogP contribution >= 0.6 is 0 Å². The van der Waals surface area contributed by atoms with Gasteiger partial charge in [-0.15, -0.1) is 0 Å². The van der Waals surface area contributed by atoms with Gasteiger partial charge in [-0.1, -0.05) is 18.2 Å². The molecule has 2 heterocycles. The fourth-order valence-corrected chi connectivity index (χ4v) is 2.51. The van der Waals surface area contributed by atoms with E-state index in [1.165, 1.54) is 7.11 Å². The van der Waals surface area contributed by atoms with E-state index in [0.29, 0.717) is 17.9 Å². The van der Waals surface area contributed by atoms with E-state index in [1.807, 2.05) is 24.3 Å². The number of benzene rings is 1. The average molecular weight is 284 g/mol. The maximum Gasteiger partial charge on any atom is 0.337 e. The molecule has 5 heteroatoms. The first-order valence-electron chi connectivity index (χ1n) is 6.74. The zero-order valence-electron chi connectivity index (χ0n) is 11.7. The number of carbonyl (C=O) groups is 1. The molecule has 21 heavy (non-hydrogen) atoms. The van der Waals surface area contributed by atoms with Crippen LogP contribution in [-0.2, 0) is 4.74 Å². The van der Waals surface area contributed by atoms with Crippen LogP contribution in [0.2, 0.25) is 0 Å². The minimum Gasteiger partial charge on any atom is -0.469 e. The van der Waals surface area contributed by atoms with Gasteiger partial charge in [0.15, 0.2) is 0 Å². The van der Waals surface area contributed by atoms with Crippen molar-refractivity contribution < 1.29 is 14.3 Å². The summed E-state index contributed by atoms with van der Waals surface area (Å²) in [4.78, 5) is 15.8. The predicted octanol–water partition coefficient (Wildman–Crippen LogP) is 2.39. The Morgan fingerprint density at radius 2 is 2.24 bits per heavy atom. The third-order valence-corrected chi connectivity index (χ3v) is 3.60. The van der Waals surface area contributed by atoms with Gasteiger partial charge >= 0.3 is 5.97 Å². The smallest absolute Gasteiger partial charge is 0.337 e. The first-order chi connectivity index (χ1) is 10.2. The van der Waals surface area contributed by atoms with Gasteiger partial charge in [-0.25, -0.2) is 9.78 Å². The highest BCUT2D eigenvalue weighted by atomic mass is 16.5. The summed E-state index contributed by atoms with van der Waals surface area (Å²) in [6.45, 7) is 0. The van der Waals surface area contributed by atoms with Gasteiger partial charge in [-0.2, -0.15) is 0 Å². The van der Waals surface area contributed by atoms with Crippen LogP contribution in [0.1, 0.15) is 40.1 Å². The maximum atomic E-state index is 11.6. The topological polar surface area (TPSA) is 74.4 Å². The molecular weight excluding hydrogens is 268 g/mol. The van der Waals surface area contributed by atoms with E-state index in [1.54, 1.807) is 18.3 Å². The van der Waals surface area contributed by atoms with Gasteiger partial charge in [0.05, 0.1) is 12.7 Å². The Labute approximate surface area is 122 Å². The van der Waals surface area contributed by atoms with Crippen molar-refractivity contribution in [1.82, 2.24) is 4.98 Å². The predicted molar refractivity (Wildman–Crippen MR) is 76.9 cm³/mol. The largest absolute Gasteiger partial charge is 0.469 e. The van der Waals surface area contributed by atoms with Crippen LogP contribution in [0, 0.1) is 0 Å². The second-order valence-corrected chi connectivity index (χ2v) is 4.96. The summed E-state index contributed by atoms with van der Waals surface area (Å²) in [5.74, 6) is 0.195. The number of rotatable bonds is 2. The number of nitrogens with zero attached hydrogens (tertiary/aromatic N) is 1. The second kappa shape index (κ2) is 5.54. The first kappa shape index (κ1) is 13.6. The van der Waals surface area contributed by atoms with E-state index in [0.717, 1.165) is 11.1 Å². The molecule has 108 valence electrons. The van der Waals surface area contributed by atoms with Gasteiger partial charge in [0.25, 0.3) is 0 Å². The third kappa shape index (κ3) is 2.60. The molecule has 0 aliphatic carbocycles. The van der Waals surface area contributed by atoms with Crippen molar-refractivity contribution in [2.24, 2.45) is 5.73 Å². The van der Waals surface area contributed by atoms with Crippen molar-refractivity contribution in [2.45, 2.75) is 18.6 Å². The SMILES string of the molecule is COC(=O)c1cccc(C2CC(N)c3cccnc3O2)c1. The van der Waals surface area contributed by atoms with E-state index >= 15 is 0 Å². The molecule has 2 atom stereocenters. The van der Waals surface area contributed by atoms with E-state index < -0.39 is 0 Å². The van der Waals surface area contributed by atoms with Gasteiger partial charge in [0.2, 0.25) is 5.88 Å². The van der Waals surface area contributed by atoms with Crippen LogP contribution in [0.25, 0.3) is 0 Å². The highest BCUT2D eigenvalue weighted by molar-refractivity contribution is 5.89. The van der Waals surface area contributed by atoms with Gasteiger partial charge in [-0.05, 0) is 23.8 Å². The minimum atomic E-state index is -0.365. The van der Waals surface area contributed by atoms with E-state index in [4.69, 9.17) is 15.2 Å². The quantitative estimate of drug-likeness (QED) is 0.857. The van der Waals surface area contributed by atoms with Crippen LogP contribution in [0.15, 0.2) is 42.6 Å². The van der Waals surface area contributed by atoms with Crippen molar-refractivity contribution in [3.05, 3.63) is 59.3 Å². The van der Waals surface area contributed by atoms with E-state index in [9.17, 15) is 4.79 Å². The van der Waals surface area contributed by atoms with Crippen molar-refractivity contribution in [1.29, 1.82) is 0 Å². The molecule has 5 nitrogen and oxygen atoms in total. The number of ether oxygens (including phenoxy) is 2. The Morgan fingerprint density at radius 3 is 3.05 bits per heavy atom. The number of hydrogen-bond donors (Lipinski definition) is 1. The normalized spacial score (nSPS) is 20.3. The summed E-state index contributed by atoms with van der Waals surface area (Å²) in [6, 6.07) is 10.9. The van der Waals surface area contributed by atoms with Crippen LogP contribution in [-0.4, -0.2) is 18.1 Å². The van der Waals surface area contributed by atoms with Crippen molar-refractivity contribution in [2.75, 3.05) is 7.11 Å². The molecule has 0 bridgehead atoms. The minimum absolute atomic E-state index is 0.130. The Bertz CT molecular complexity index is 672. The Hall–Kier alpha value is -2.40. The van der Waals surface area contributed by atoms with Crippen molar-refractivity contribution >= 4 is 5.97 Å². The molecule has 0 spiro atoms. The lowest BCUT2D eigenvalue weighted by molar-refractivity contribution is 0.0600. The molecule has 0 amide bonds. The molecule has 2 N–H and O–H groups in total.